The van der Waals surface area contributed by atoms with E-state index in [9.17, 15) is 13.2 Å². The Bertz CT molecular complexity index is 879. The van der Waals surface area contributed by atoms with E-state index in [1.807, 2.05) is 13.8 Å². The van der Waals surface area contributed by atoms with Crippen LogP contribution in [-0.4, -0.2) is 39.6 Å². The Labute approximate surface area is 163 Å². The molecule has 0 aliphatic carbocycles. The third-order valence-electron chi connectivity index (χ3n) is 3.60. The molecule has 1 heterocycles. The van der Waals surface area contributed by atoms with Crippen LogP contribution >= 0.6 is 11.3 Å². The Morgan fingerprint density at radius 2 is 1.93 bits per heavy atom. The number of sulfonamides is 1. The molecule has 148 valence electrons. The van der Waals surface area contributed by atoms with Gasteiger partial charge in [0.1, 0.15) is 5.75 Å². The Balaban J connectivity index is 2.24. The number of carbonyl (C=O) groups excluding carboxylic acids is 1. The van der Waals surface area contributed by atoms with Gasteiger partial charge in [-0.25, -0.2) is 22.9 Å². The van der Waals surface area contributed by atoms with E-state index in [0.29, 0.717) is 36.1 Å². The SMILES string of the molecule is CCCN(C(=O)Nc1ccc(OCC)cc1)c1nc(C)c(S(=O)(=O)NC)s1. The van der Waals surface area contributed by atoms with Crippen LogP contribution in [0.15, 0.2) is 28.5 Å². The Morgan fingerprint density at radius 1 is 1.26 bits per heavy atom. The van der Waals surface area contributed by atoms with Gasteiger partial charge in [-0.2, -0.15) is 0 Å². The smallest absolute Gasteiger partial charge is 0.328 e. The van der Waals surface area contributed by atoms with Crippen molar-refractivity contribution in [3.8, 4) is 5.75 Å². The first-order chi connectivity index (χ1) is 12.8. The number of amides is 2. The second-order valence-corrected chi connectivity index (χ2v) is 8.68. The van der Waals surface area contributed by atoms with Gasteiger partial charge in [0.15, 0.2) is 9.34 Å². The van der Waals surface area contributed by atoms with Crippen LogP contribution in [0.5, 0.6) is 5.75 Å². The topological polar surface area (TPSA) is 101 Å². The maximum absolute atomic E-state index is 12.7. The summed E-state index contributed by atoms with van der Waals surface area (Å²) in [5.74, 6) is 0.721. The molecule has 0 saturated heterocycles. The third-order valence-corrected chi connectivity index (χ3v) is 6.80. The number of aromatic nitrogens is 1. The molecule has 1 aromatic heterocycles. The highest BCUT2D eigenvalue weighted by Crippen LogP contribution is 2.30. The zero-order valence-electron chi connectivity index (χ0n) is 15.8. The average molecular weight is 413 g/mol. The highest BCUT2D eigenvalue weighted by atomic mass is 32.2. The van der Waals surface area contributed by atoms with Gasteiger partial charge in [0.25, 0.3) is 10.0 Å². The van der Waals surface area contributed by atoms with Crippen LogP contribution in [0.25, 0.3) is 0 Å². The molecule has 27 heavy (non-hydrogen) atoms. The van der Waals surface area contributed by atoms with Gasteiger partial charge in [-0.05, 0) is 51.6 Å². The summed E-state index contributed by atoms with van der Waals surface area (Å²) in [7, 11) is -2.27. The van der Waals surface area contributed by atoms with Gasteiger partial charge in [-0.3, -0.25) is 4.90 Å². The molecular weight excluding hydrogens is 388 g/mol. The van der Waals surface area contributed by atoms with Crippen LogP contribution in [0.3, 0.4) is 0 Å². The van der Waals surface area contributed by atoms with E-state index in [2.05, 4.69) is 15.0 Å². The lowest BCUT2D eigenvalue weighted by Crippen LogP contribution is -2.35. The van der Waals surface area contributed by atoms with Crippen LogP contribution in [0.1, 0.15) is 26.0 Å². The number of carbonyl (C=O) groups is 1. The number of rotatable bonds is 8. The van der Waals surface area contributed by atoms with Crippen molar-refractivity contribution in [2.75, 3.05) is 30.4 Å². The van der Waals surface area contributed by atoms with Gasteiger partial charge in [0, 0.05) is 12.2 Å². The maximum Gasteiger partial charge on any atom is 0.328 e. The Hall–Kier alpha value is -2.17. The maximum atomic E-state index is 12.7. The minimum atomic E-state index is -3.62. The first kappa shape index (κ1) is 21.1. The molecule has 8 nitrogen and oxygen atoms in total. The molecule has 2 amide bonds. The van der Waals surface area contributed by atoms with Gasteiger partial charge >= 0.3 is 6.03 Å². The number of hydrogen-bond acceptors (Lipinski definition) is 6. The number of aryl methyl sites for hydroxylation is 1. The summed E-state index contributed by atoms with van der Waals surface area (Å²) in [5, 5.41) is 3.15. The van der Waals surface area contributed by atoms with Crippen LogP contribution in [-0.2, 0) is 10.0 Å². The average Bonchev–Trinajstić information content (AvgIpc) is 3.03. The molecule has 0 atom stereocenters. The van der Waals surface area contributed by atoms with Crippen molar-refractivity contribution >= 4 is 38.2 Å². The largest absolute Gasteiger partial charge is 0.494 e. The monoisotopic (exact) mass is 412 g/mol. The molecule has 0 aliphatic heterocycles. The molecule has 2 N–H and O–H groups in total. The fourth-order valence-corrected chi connectivity index (χ4v) is 4.68. The lowest BCUT2D eigenvalue weighted by atomic mass is 10.3. The Morgan fingerprint density at radius 3 is 2.48 bits per heavy atom. The zero-order chi connectivity index (χ0) is 20.0. The number of nitrogens with one attached hydrogen (secondary N) is 2. The number of hydrogen-bond donors (Lipinski definition) is 2. The molecule has 10 heteroatoms. The van der Waals surface area contributed by atoms with Gasteiger partial charge in [0.05, 0.1) is 12.3 Å². The van der Waals surface area contributed by atoms with Crippen LogP contribution in [0, 0.1) is 6.92 Å². The van der Waals surface area contributed by atoms with Crippen molar-refractivity contribution in [3.63, 3.8) is 0 Å². The predicted octanol–water partition coefficient (Wildman–Crippen LogP) is 3.21. The molecule has 1 aromatic carbocycles. The number of urea groups is 1. The van der Waals surface area contributed by atoms with E-state index in [1.165, 1.54) is 11.9 Å². The van der Waals surface area contributed by atoms with Crippen molar-refractivity contribution < 1.29 is 17.9 Å². The number of thiazole rings is 1. The molecule has 0 fully saturated rings. The number of ether oxygens (including phenoxy) is 1. The zero-order valence-corrected chi connectivity index (χ0v) is 17.4. The van der Waals surface area contributed by atoms with Crippen molar-refractivity contribution in [1.29, 1.82) is 0 Å². The fourth-order valence-electron chi connectivity index (χ4n) is 2.33. The van der Waals surface area contributed by atoms with Crippen LogP contribution in [0.4, 0.5) is 15.6 Å². The Kier molecular flexibility index (Phi) is 7.17. The van der Waals surface area contributed by atoms with Crippen molar-refractivity contribution in [1.82, 2.24) is 9.71 Å². The van der Waals surface area contributed by atoms with E-state index in [1.54, 1.807) is 31.2 Å². The quantitative estimate of drug-likeness (QED) is 0.693. The first-order valence-electron chi connectivity index (χ1n) is 8.54. The molecule has 0 spiro atoms. The van der Waals surface area contributed by atoms with Gasteiger partial charge in [0.2, 0.25) is 0 Å². The summed E-state index contributed by atoms with van der Waals surface area (Å²) in [6.45, 7) is 6.42. The number of anilines is 2. The van der Waals surface area contributed by atoms with E-state index in [4.69, 9.17) is 4.74 Å². The summed E-state index contributed by atoms with van der Waals surface area (Å²) in [5.41, 5.74) is 0.972. The van der Waals surface area contributed by atoms with Crippen molar-refractivity contribution in [2.45, 2.75) is 31.4 Å². The second kappa shape index (κ2) is 9.16. The highest BCUT2D eigenvalue weighted by molar-refractivity contribution is 7.91. The minimum Gasteiger partial charge on any atom is -0.494 e. The number of benzene rings is 1. The van der Waals surface area contributed by atoms with Crippen molar-refractivity contribution in [2.24, 2.45) is 0 Å². The van der Waals surface area contributed by atoms with Gasteiger partial charge in [-0.15, -0.1) is 0 Å². The fraction of sp³-hybridized carbons (Fsp3) is 0.412. The second-order valence-electron chi connectivity index (χ2n) is 5.62. The van der Waals surface area contributed by atoms with E-state index >= 15 is 0 Å². The van der Waals surface area contributed by atoms with E-state index < -0.39 is 10.0 Å². The molecule has 0 unspecified atom stereocenters. The summed E-state index contributed by atoms with van der Waals surface area (Å²) in [6.07, 6.45) is 0.698. The minimum absolute atomic E-state index is 0.106. The third kappa shape index (κ3) is 5.18. The molecule has 2 aromatic rings. The normalized spacial score (nSPS) is 11.3. The number of nitrogens with zero attached hydrogens (tertiary/aromatic N) is 2. The molecule has 0 aliphatic rings. The van der Waals surface area contributed by atoms with Crippen molar-refractivity contribution in [3.05, 3.63) is 30.0 Å². The summed E-state index contributed by atoms with van der Waals surface area (Å²) < 4.78 is 32.0. The molecule has 0 radical (unpaired) electrons. The first-order valence-corrected chi connectivity index (χ1v) is 10.8. The lowest BCUT2D eigenvalue weighted by molar-refractivity contribution is 0.257. The highest BCUT2D eigenvalue weighted by Gasteiger charge is 2.25. The lowest BCUT2D eigenvalue weighted by Gasteiger charge is -2.19. The standard InChI is InChI=1S/C17H24N4O4S2/c1-5-11-21(17-19-12(3)15(26-17)27(23,24)18-4)16(22)20-13-7-9-14(10-8-13)25-6-2/h7-10,18H,5-6,11H2,1-4H3,(H,20,22). The van der Waals surface area contributed by atoms with Crippen LogP contribution < -0.4 is 19.7 Å². The summed E-state index contributed by atoms with van der Waals surface area (Å²) >= 11 is 0.971. The predicted molar refractivity (Wildman–Crippen MR) is 107 cm³/mol. The van der Waals surface area contributed by atoms with E-state index in [0.717, 1.165) is 17.1 Å². The summed E-state index contributed by atoms with van der Waals surface area (Å²) in [6, 6.07) is 6.67. The van der Waals surface area contributed by atoms with E-state index in [-0.39, 0.29) is 10.2 Å². The summed E-state index contributed by atoms with van der Waals surface area (Å²) in [4.78, 5) is 18.5. The molecule has 0 saturated carbocycles. The molecular formula is C17H24N4O4S2. The molecule has 2 rings (SSSR count). The van der Waals surface area contributed by atoms with Crippen LogP contribution in [0.2, 0.25) is 0 Å². The van der Waals surface area contributed by atoms with Gasteiger partial charge < -0.3 is 10.1 Å². The molecule has 0 bridgehead atoms. The van der Waals surface area contributed by atoms with Gasteiger partial charge in [-0.1, -0.05) is 18.3 Å².